The molecular formula is C31H42N2. The van der Waals surface area contributed by atoms with Crippen LogP contribution in [0.25, 0.3) is 11.1 Å². The van der Waals surface area contributed by atoms with Crippen molar-refractivity contribution >= 4 is 11.4 Å². The molecule has 176 valence electrons. The summed E-state index contributed by atoms with van der Waals surface area (Å²) in [4.78, 5) is 5.05. The standard InChI is InChI=1S/C31H42N2/c1-4-7-19-32(18-6-3)28-16-14-26-21-27-15-17-29(23-31(27)30(26)22-28)33(20-8-5-2)24-25-12-10-9-11-13-25/h3,14-17,22-23,25H,4-5,7-13,18-21,24H2,1-2H3. The topological polar surface area (TPSA) is 6.48 Å². The Labute approximate surface area is 202 Å². The monoisotopic (exact) mass is 442 g/mol. The first-order valence-electron chi connectivity index (χ1n) is 13.4. The third kappa shape index (κ3) is 5.75. The minimum Gasteiger partial charge on any atom is -0.371 e. The van der Waals surface area contributed by atoms with Gasteiger partial charge in [-0.1, -0.05) is 64.0 Å². The molecule has 0 unspecified atom stereocenters. The van der Waals surface area contributed by atoms with Crippen LogP contribution in [0.5, 0.6) is 0 Å². The number of nitrogens with zero attached hydrogens (tertiary/aromatic N) is 2. The summed E-state index contributed by atoms with van der Waals surface area (Å²) in [7, 11) is 0. The molecule has 33 heavy (non-hydrogen) atoms. The van der Waals surface area contributed by atoms with Gasteiger partial charge in [0.2, 0.25) is 0 Å². The second-order valence-corrected chi connectivity index (χ2v) is 10.1. The third-order valence-corrected chi connectivity index (χ3v) is 7.64. The van der Waals surface area contributed by atoms with Crippen LogP contribution < -0.4 is 9.80 Å². The lowest BCUT2D eigenvalue weighted by molar-refractivity contribution is 0.357. The van der Waals surface area contributed by atoms with Crippen LogP contribution in [0.2, 0.25) is 0 Å². The van der Waals surface area contributed by atoms with Gasteiger partial charge in [-0.15, -0.1) is 6.42 Å². The maximum atomic E-state index is 5.70. The molecule has 0 heterocycles. The van der Waals surface area contributed by atoms with E-state index in [1.54, 1.807) is 0 Å². The highest BCUT2D eigenvalue weighted by Crippen LogP contribution is 2.41. The van der Waals surface area contributed by atoms with Crippen LogP contribution in [0.3, 0.4) is 0 Å². The molecule has 0 aromatic heterocycles. The van der Waals surface area contributed by atoms with E-state index in [9.17, 15) is 0 Å². The number of terminal acetylenes is 1. The molecule has 2 nitrogen and oxygen atoms in total. The summed E-state index contributed by atoms with van der Waals surface area (Å²) in [6.07, 6.45) is 18.7. The predicted molar refractivity (Wildman–Crippen MR) is 144 cm³/mol. The molecule has 0 bridgehead atoms. The van der Waals surface area contributed by atoms with Crippen molar-refractivity contribution in [2.45, 2.75) is 78.1 Å². The molecule has 2 aromatic carbocycles. The van der Waals surface area contributed by atoms with Gasteiger partial charge < -0.3 is 9.80 Å². The highest BCUT2D eigenvalue weighted by molar-refractivity contribution is 5.82. The van der Waals surface area contributed by atoms with Crippen LogP contribution in [0, 0.1) is 18.3 Å². The zero-order valence-corrected chi connectivity index (χ0v) is 20.9. The van der Waals surface area contributed by atoms with Crippen LogP contribution in [-0.4, -0.2) is 26.2 Å². The number of hydrogen-bond acceptors (Lipinski definition) is 2. The van der Waals surface area contributed by atoms with Crippen molar-refractivity contribution in [1.82, 2.24) is 0 Å². The van der Waals surface area contributed by atoms with E-state index in [0.717, 1.165) is 18.9 Å². The first-order chi connectivity index (χ1) is 16.2. The molecule has 2 heteroatoms. The smallest absolute Gasteiger partial charge is 0.0791 e. The summed E-state index contributed by atoms with van der Waals surface area (Å²) in [6, 6.07) is 14.3. The molecule has 2 aliphatic rings. The van der Waals surface area contributed by atoms with E-state index in [4.69, 9.17) is 6.42 Å². The second-order valence-electron chi connectivity index (χ2n) is 10.1. The molecule has 0 saturated heterocycles. The summed E-state index contributed by atoms with van der Waals surface area (Å²) in [5.74, 6) is 3.72. The first-order valence-corrected chi connectivity index (χ1v) is 13.4. The Morgan fingerprint density at radius 2 is 1.39 bits per heavy atom. The van der Waals surface area contributed by atoms with E-state index < -0.39 is 0 Å². The zero-order chi connectivity index (χ0) is 23.0. The number of hydrogen-bond donors (Lipinski definition) is 0. The Kier molecular flexibility index (Phi) is 8.38. The Morgan fingerprint density at radius 3 is 1.97 bits per heavy atom. The van der Waals surface area contributed by atoms with Crippen LogP contribution in [0.4, 0.5) is 11.4 Å². The number of fused-ring (bicyclic) bond motifs is 3. The summed E-state index contributed by atoms with van der Waals surface area (Å²) < 4.78 is 0. The van der Waals surface area contributed by atoms with Gasteiger partial charge in [-0.25, -0.2) is 0 Å². The van der Waals surface area contributed by atoms with Crippen LogP contribution in [0.1, 0.15) is 82.8 Å². The normalized spacial score (nSPS) is 15.1. The molecule has 2 aliphatic carbocycles. The Balaban J connectivity index is 1.61. The summed E-state index contributed by atoms with van der Waals surface area (Å²) in [5.41, 5.74) is 8.45. The molecule has 0 radical (unpaired) electrons. The SMILES string of the molecule is C#CCN(CCCC)c1ccc2c(c1)-c1cc(N(CCCC)CC3CCCCC3)ccc1C2. The Morgan fingerprint density at radius 1 is 0.818 bits per heavy atom. The maximum absolute atomic E-state index is 5.70. The van der Waals surface area contributed by atoms with E-state index in [-0.39, 0.29) is 0 Å². The molecule has 2 aromatic rings. The number of rotatable bonds is 11. The van der Waals surface area contributed by atoms with Gasteiger partial charge in [0.1, 0.15) is 0 Å². The fraction of sp³-hybridized carbons (Fsp3) is 0.548. The van der Waals surface area contributed by atoms with Crippen molar-refractivity contribution in [3.05, 3.63) is 47.5 Å². The Bertz CT molecular complexity index is 948. The minimum absolute atomic E-state index is 0.678. The zero-order valence-electron chi connectivity index (χ0n) is 20.9. The lowest BCUT2D eigenvalue weighted by Gasteiger charge is -2.32. The quantitative estimate of drug-likeness (QED) is 0.281. The summed E-state index contributed by atoms with van der Waals surface area (Å²) in [6.45, 7) is 8.65. The van der Waals surface area contributed by atoms with Gasteiger partial charge in [-0.05, 0) is 84.5 Å². The van der Waals surface area contributed by atoms with Gasteiger partial charge in [0.15, 0.2) is 0 Å². The van der Waals surface area contributed by atoms with E-state index in [2.05, 4.69) is 66.0 Å². The van der Waals surface area contributed by atoms with E-state index in [0.29, 0.717) is 6.54 Å². The predicted octanol–water partition coefficient (Wildman–Crippen LogP) is 7.68. The second kappa shape index (κ2) is 11.6. The summed E-state index contributed by atoms with van der Waals surface area (Å²) >= 11 is 0. The van der Waals surface area contributed by atoms with Crippen molar-refractivity contribution < 1.29 is 0 Å². The van der Waals surface area contributed by atoms with Crippen molar-refractivity contribution in [2.24, 2.45) is 5.92 Å². The molecule has 0 amide bonds. The molecule has 0 atom stereocenters. The number of unbranched alkanes of at least 4 members (excludes halogenated alkanes) is 2. The van der Waals surface area contributed by atoms with E-state index in [1.807, 2.05) is 0 Å². The molecule has 0 spiro atoms. The molecule has 1 fully saturated rings. The average Bonchev–Trinajstić information content (AvgIpc) is 3.22. The highest BCUT2D eigenvalue weighted by atomic mass is 15.1. The average molecular weight is 443 g/mol. The lowest BCUT2D eigenvalue weighted by atomic mass is 9.88. The van der Waals surface area contributed by atoms with Gasteiger partial charge in [0.25, 0.3) is 0 Å². The highest BCUT2D eigenvalue weighted by Gasteiger charge is 2.23. The van der Waals surface area contributed by atoms with Crippen molar-refractivity contribution in [3.63, 3.8) is 0 Å². The number of benzene rings is 2. The summed E-state index contributed by atoms with van der Waals surface area (Å²) in [5, 5.41) is 0. The Hall–Kier alpha value is -2.40. The first kappa shape index (κ1) is 23.7. The fourth-order valence-corrected chi connectivity index (χ4v) is 5.65. The van der Waals surface area contributed by atoms with Crippen molar-refractivity contribution in [3.8, 4) is 23.5 Å². The van der Waals surface area contributed by atoms with Crippen LogP contribution >= 0.6 is 0 Å². The van der Waals surface area contributed by atoms with E-state index >= 15 is 0 Å². The van der Waals surface area contributed by atoms with Gasteiger partial charge in [0.05, 0.1) is 6.54 Å². The lowest BCUT2D eigenvalue weighted by Crippen LogP contribution is -2.31. The third-order valence-electron chi connectivity index (χ3n) is 7.64. The van der Waals surface area contributed by atoms with Crippen molar-refractivity contribution in [2.75, 3.05) is 36.0 Å². The molecule has 0 aliphatic heterocycles. The number of anilines is 2. The molecular weight excluding hydrogens is 400 g/mol. The van der Waals surface area contributed by atoms with Crippen molar-refractivity contribution in [1.29, 1.82) is 0 Å². The molecule has 4 rings (SSSR count). The van der Waals surface area contributed by atoms with Crippen LogP contribution in [-0.2, 0) is 6.42 Å². The van der Waals surface area contributed by atoms with Crippen LogP contribution in [0.15, 0.2) is 36.4 Å². The minimum atomic E-state index is 0.678. The van der Waals surface area contributed by atoms with Gasteiger partial charge in [0, 0.05) is 31.0 Å². The van der Waals surface area contributed by atoms with Gasteiger partial charge in [-0.2, -0.15) is 0 Å². The fourth-order valence-electron chi connectivity index (χ4n) is 5.65. The van der Waals surface area contributed by atoms with Gasteiger partial charge >= 0.3 is 0 Å². The maximum Gasteiger partial charge on any atom is 0.0791 e. The van der Waals surface area contributed by atoms with E-state index in [1.165, 1.54) is 105 Å². The molecule has 1 saturated carbocycles. The largest absolute Gasteiger partial charge is 0.371 e. The molecule has 0 N–H and O–H groups in total. The van der Waals surface area contributed by atoms with Gasteiger partial charge in [-0.3, -0.25) is 0 Å².